The van der Waals surface area contributed by atoms with E-state index in [1.807, 2.05) is 6.92 Å². The van der Waals surface area contributed by atoms with Crippen LogP contribution in [-0.2, 0) is 9.59 Å². The van der Waals surface area contributed by atoms with Crippen LogP contribution in [-0.4, -0.2) is 40.9 Å². The number of carboxylic acids is 1. The summed E-state index contributed by atoms with van der Waals surface area (Å²) in [6.07, 6.45) is 0.195. The quantitative estimate of drug-likeness (QED) is 0.888. The van der Waals surface area contributed by atoms with Gasteiger partial charge in [0.1, 0.15) is 0 Å². The molecule has 2 rings (SSSR count). The number of carboxylic acid groups (broad SMARTS) is 1. The standard InChI is InChI=1S/C14H15ClN2O4/c1-2-17-7-8(5-12(17)18)13(19)16-9-3-4-10(14(20)21)11(15)6-9/h3-4,6,8H,2,5,7H2,1H3,(H,16,19)(H,20,21). The molecule has 1 heterocycles. The molecule has 0 aliphatic carbocycles. The first-order chi connectivity index (χ1) is 9.92. The van der Waals surface area contributed by atoms with Crippen LogP contribution in [0, 0.1) is 5.92 Å². The number of rotatable bonds is 4. The predicted octanol–water partition coefficient (Wildman–Crippen LogP) is 1.85. The monoisotopic (exact) mass is 310 g/mol. The van der Waals surface area contributed by atoms with Crippen LogP contribution in [0.15, 0.2) is 18.2 Å². The van der Waals surface area contributed by atoms with Gasteiger partial charge >= 0.3 is 5.97 Å². The minimum Gasteiger partial charge on any atom is -0.478 e. The Morgan fingerprint density at radius 2 is 2.19 bits per heavy atom. The number of carbonyl (C=O) groups is 3. The van der Waals surface area contributed by atoms with Crippen molar-refractivity contribution >= 4 is 35.1 Å². The second-order valence-electron chi connectivity index (χ2n) is 4.82. The van der Waals surface area contributed by atoms with Crippen LogP contribution in [0.25, 0.3) is 0 Å². The third kappa shape index (κ3) is 3.33. The lowest BCUT2D eigenvalue weighted by Crippen LogP contribution is -2.28. The first kappa shape index (κ1) is 15.3. The summed E-state index contributed by atoms with van der Waals surface area (Å²) in [5, 5.41) is 11.6. The average molecular weight is 311 g/mol. The summed E-state index contributed by atoms with van der Waals surface area (Å²) in [6.45, 7) is 2.85. The van der Waals surface area contributed by atoms with E-state index < -0.39 is 11.9 Å². The maximum atomic E-state index is 12.1. The van der Waals surface area contributed by atoms with Gasteiger partial charge in [-0.15, -0.1) is 0 Å². The van der Waals surface area contributed by atoms with Crippen molar-refractivity contribution in [2.24, 2.45) is 5.92 Å². The number of hydrogen-bond acceptors (Lipinski definition) is 3. The van der Waals surface area contributed by atoms with Crippen LogP contribution in [0.3, 0.4) is 0 Å². The minimum atomic E-state index is -1.13. The molecule has 2 N–H and O–H groups in total. The van der Waals surface area contributed by atoms with Crippen molar-refractivity contribution in [1.82, 2.24) is 4.90 Å². The first-order valence-corrected chi connectivity index (χ1v) is 6.91. The Kier molecular flexibility index (Phi) is 4.47. The van der Waals surface area contributed by atoms with Crippen LogP contribution in [0.2, 0.25) is 5.02 Å². The fourth-order valence-corrected chi connectivity index (χ4v) is 2.53. The van der Waals surface area contributed by atoms with E-state index in [1.54, 1.807) is 4.90 Å². The fourth-order valence-electron chi connectivity index (χ4n) is 2.26. The molecule has 1 atom stereocenters. The molecule has 1 saturated heterocycles. The molecular weight excluding hydrogens is 296 g/mol. The van der Waals surface area contributed by atoms with Crippen LogP contribution in [0.5, 0.6) is 0 Å². The number of nitrogens with one attached hydrogen (secondary N) is 1. The summed E-state index contributed by atoms with van der Waals surface area (Å²) in [4.78, 5) is 36.2. The summed E-state index contributed by atoms with van der Waals surface area (Å²) in [5.74, 6) is -1.82. The van der Waals surface area contributed by atoms with Gasteiger partial charge in [0, 0.05) is 25.2 Å². The third-order valence-corrected chi connectivity index (χ3v) is 3.75. The fraction of sp³-hybridized carbons (Fsp3) is 0.357. The number of likely N-dealkylation sites (tertiary alicyclic amines) is 1. The van der Waals surface area contributed by atoms with Crippen molar-refractivity contribution in [3.63, 3.8) is 0 Å². The van der Waals surface area contributed by atoms with Crippen molar-refractivity contribution in [3.05, 3.63) is 28.8 Å². The molecule has 1 aromatic carbocycles. The molecular formula is C14H15ClN2O4. The van der Waals surface area contributed by atoms with Gasteiger partial charge in [-0.25, -0.2) is 4.79 Å². The zero-order valence-corrected chi connectivity index (χ0v) is 12.2. The Hall–Kier alpha value is -2.08. The second-order valence-corrected chi connectivity index (χ2v) is 5.23. The predicted molar refractivity (Wildman–Crippen MR) is 77.4 cm³/mol. The molecule has 7 heteroatoms. The van der Waals surface area contributed by atoms with E-state index in [-0.39, 0.29) is 28.8 Å². The Balaban J connectivity index is 2.05. The number of amides is 2. The van der Waals surface area contributed by atoms with Gasteiger partial charge in [0.25, 0.3) is 0 Å². The van der Waals surface area contributed by atoms with Crippen LogP contribution in [0.1, 0.15) is 23.7 Å². The van der Waals surface area contributed by atoms with Crippen molar-refractivity contribution in [2.75, 3.05) is 18.4 Å². The number of hydrogen-bond donors (Lipinski definition) is 2. The Bertz CT molecular complexity index is 603. The van der Waals surface area contributed by atoms with Gasteiger partial charge in [-0.1, -0.05) is 11.6 Å². The first-order valence-electron chi connectivity index (χ1n) is 6.53. The third-order valence-electron chi connectivity index (χ3n) is 3.43. The lowest BCUT2D eigenvalue weighted by molar-refractivity contribution is -0.128. The molecule has 0 spiro atoms. The van der Waals surface area contributed by atoms with Crippen LogP contribution >= 0.6 is 11.6 Å². The maximum Gasteiger partial charge on any atom is 0.337 e. The lowest BCUT2D eigenvalue weighted by Gasteiger charge is -2.14. The van der Waals surface area contributed by atoms with Crippen molar-refractivity contribution in [1.29, 1.82) is 0 Å². The molecule has 1 unspecified atom stereocenters. The Labute approximate surface area is 126 Å². The van der Waals surface area contributed by atoms with Gasteiger partial charge in [-0.3, -0.25) is 9.59 Å². The van der Waals surface area contributed by atoms with E-state index in [2.05, 4.69) is 5.32 Å². The number of carbonyl (C=O) groups excluding carboxylic acids is 2. The van der Waals surface area contributed by atoms with E-state index >= 15 is 0 Å². The molecule has 0 radical (unpaired) electrons. The van der Waals surface area contributed by atoms with Crippen LogP contribution < -0.4 is 5.32 Å². The summed E-state index contributed by atoms with van der Waals surface area (Å²) in [7, 11) is 0. The summed E-state index contributed by atoms with van der Waals surface area (Å²) >= 11 is 5.84. The summed E-state index contributed by atoms with van der Waals surface area (Å²) in [6, 6.07) is 4.19. The number of benzene rings is 1. The van der Waals surface area contributed by atoms with Gasteiger partial charge < -0.3 is 15.3 Å². The molecule has 112 valence electrons. The molecule has 6 nitrogen and oxygen atoms in total. The van der Waals surface area contributed by atoms with Gasteiger partial charge in [0.15, 0.2) is 0 Å². The Morgan fingerprint density at radius 3 is 2.71 bits per heavy atom. The molecule has 1 fully saturated rings. The highest BCUT2D eigenvalue weighted by Crippen LogP contribution is 2.23. The van der Waals surface area contributed by atoms with Gasteiger partial charge in [0.2, 0.25) is 11.8 Å². The number of nitrogens with zero attached hydrogens (tertiary/aromatic N) is 1. The van der Waals surface area contributed by atoms with Crippen LogP contribution in [0.4, 0.5) is 5.69 Å². The zero-order valence-electron chi connectivity index (χ0n) is 11.4. The zero-order chi connectivity index (χ0) is 15.6. The van der Waals surface area contributed by atoms with E-state index in [1.165, 1.54) is 18.2 Å². The van der Waals surface area contributed by atoms with E-state index in [0.29, 0.717) is 18.8 Å². The lowest BCUT2D eigenvalue weighted by atomic mass is 10.1. The number of aromatic carboxylic acids is 1. The van der Waals surface area contributed by atoms with Gasteiger partial charge in [-0.05, 0) is 25.1 Å². The largest absolute Gasteiger partial charge is 0.478 e. The molecule has 0 saturated carbocycles. The van der Waals surface area contributed by atoms with E-state index in [9.17, 15) is 14.4 Å². The van der Waals surface area contributed by atoms with Gasteiger partial charge in [0.05, 0.1) is 16.5 Å². The second kappa shape index (κ2) is 6.13. The highest BCUT2D eigenvalue weighted by molar-refractivity contribution is 6.33. The van der Waals surface area contributed by atoms with Gasteiger partial charge in [-0.2, -0.15) is 0 Å². The summed E-state index contributed by atoms with van der Waals surface area (Å²) < 4.78 is 0. The molecule has 2 amide bonds. The Morgan fingerprint density at radius 1 is 1.48 bits per heavy atom. The van der Waals surface area contributed by atoms with Crippen molar-refractivity contribution < 1.29 is 19.5 Å². The number of halogens is 1. The van der Waals surface area contributed by atoms with Crippen molar-refractivity contribution in [3.8, 4) is 0 Å². The van der Waals surface area contributed by atoms with E-state index in [0.717, 1.165) is 0 Å². The maximum absolute atomic E-state index is 12.1. The molecule has 0 bridgehead atoms. The molecule has 0 aromatic heterocycles. The van der Waals surface area contributed by atoms with Crippen molar-refractivity contribution in [2.45, 2.75) is 13.3 Å². The normalized spacial score (nSPS) is 17.9. The molecule has 1 aliphatic heterocycles. The average Bonchev–Trinajstić information content (AvgIpc) is 2.79. The molecule has 1 aromatic rings. The highest BCUT2D eigenvalue weighted by atomic mass is 35.5. The molecule has 21 heavy (non-hydrogen) atoms. The number of anilines is 1. The highest BCUT2D eigenvalue weighted by Gasteiger charge is 2.33. The SMILES string of the molecule is CCN1CC(C(=O)Nc2ccc(C(=O)O)c(Cl)c2)CC1=O. The van der Waals surface area contributed by atoms with E-state index in [4.69, 9.17) is 16.7 Å². The topological polar surface area (TPSA) is 86.7 Å². The smallest absolute Gasteiger partial charge is 0.337 e. The molecule has 1 aliphatic rings. The minimum absolute atomic E-state index is 0.0251. The summed E-state index contributed by atoms with van der Waals surface area (Å²) in [5.41, 5.74) is 0.389.